The number of carboxylic acid groups (broad SMARTS) is 1. The minimum atomic E-state index is -1.13. The van der Waals surface area contributed by atoms with E-state index in [4.69, 9.17) is 32.7 Å². The number of benzene rings is 3. The van der Waals surface area contributed by atoms with Crippen molar-refractivity contribution in [2.45, 2.75) is 57.3 Å². The quantitative estimate of drug-likeness (QED) is 0.227. The van der Waals surface area contributed by atoms with Crippen LogP contribution in [0.3, 0.4) is 0 Å². The van der Waals surface area contributed by atoms with Crippen LogP contribution in [-0.4, -0.2) is 40.7 Å². The molecule has 3 aromatic rings. The lowest BCUT2D eigenvalue weighted by molar-refractivity contribution is -0.143. The van der Waals surface area contributed by atoms with E-state index >= 15 is 0 Å². The monoisotopic (exact) mass is 567 g/mol. The van der Waals surface area contributed by atoms with E-state index in [1.807, 2.05) is 67.6 Å². The molecule has 206 valence electrons. The molecular formula is C32H35Cl2NO4. The van der Waals surface area contributed by atoms with Gasteiger partial charge in [0.1, 0.15) is 11.2 Å². The van der Waals surface area contributed by atoms with Gasteiger partial charge in [-0.1, -0.05) is 89.9 Å². The summed E-state index contributed by atoms with van der Waals surface area (Å²) in [5.41, 5.74) is 0.931. The van der Waals surface area contributed by atoms with E-state index in [0.29, 0.717) is 34.2 Å². The lowest BCUT2D eigenvalue weighted by Gasteiger charge is -2.50. The molecule has 1 N–H and O–H groups in total. The van der Waals surface area contributed by atoms with Crippen LogP contribution < -0.4 is 4.74 Å². The molecular weight excluding hydrogens is 533 g/mol. The fourth-order valence-corrected chi connectivity index (χ4v) is 5.61. The minimum absolute atomic E-state index is 0.0315. The lowest BCUT2D eigenvalue weighted by Crippen LogP contribution is -2.61. The van der Waals surface area contributed by atoms with Crippen molar-refractivity contribution in [2.24, 2.45) is 0 Å². The average molecular weight is 569 g/mol. The fourth-order valence-electron chi connectivity index (χ4n) is 5.09. The van der Waals surface area contributed by atoms with Crippen molar-refractivity contribution in [1.82, 2.24) is 4.90 Å². The van der Waals surface area contributed by atoms with Crippen LogP contribution in [0.15, 0.2) is 85.1 Å². The number of carbonyl (C=O) groups is 1. The smallest absolute Gasteiger partial charge is 0.318 e. The Morgan fingerprint density at radius 3 is 2.10 bits per heavy atom. The number of hydrogen-bond acceptors (Lipinski definition) is 4. The molecule has 39 heavy (non-hydrogen) atoms. The summed E-state index contributed by atoms with van der Waals surface area (Å²) in [5, 5.41) is 11.6. The van der Waals surface area contributed by atoms with Gasteiger partial charge in [0.25, 0.3) is 0 Å². The highest BCUT2D eigenvalue weighted by atomic mass is 35.5. The normalized spacial score (nSPS) is 14.9. The van der Waals surface area contributed by atoms with Crippen LogP contribution in [-0.2, 0) is 21.6 Å². The maximum Gasteiger partial charge on any atom is 0.318 e. The van der Waals surface area contributed by atoms with E-state index in [-0.39, 0.29) is 18.2 Å². The van der Waals surface area contributed by atoms with Crippen molar-refractivity contribution in [3.63, 3.8) is 0 Å². The molecule has 1 saturated heterocycles. The Bertz CT molecular complexity index is 1250. The third-order valence-electron chi connectivity index (χ3n) is 7.66. The number of ether oxygens (including phenoxy) is 2. The first-order valence-corrected chi connectivity index (χ1v) is 13.9. The van der Waals surface area contributed by atoms with E-state index in [9.17, 15) is 9.90 Å². The maximum atomic E-state index is 12.9. The number of allylic oxidation sites excluding steroid dienone is 1. The molecule has 1 heterocycles. The van der Waals surface area contributed by atoms with Gasteiger partial charge in [0, 0.05) is 29.2 Å². The lowest BCUT2D eigenvalue weighted by atomic mass is 9.69. The van der Waals surface area contributed by atoms with Gasteiger partial charge in [-0.15, -0.1) is 0 Å². The number of aliphatic carboxylic acids is 1. The third kappa shape index (κ3) is 6.33. The van der Waals surface area contributed by atoms with Crippen LogP contribution in [0.1, 0.15) is 50.3 Å². The largest absolute Gasteiger partial charge is 0.480 e. The SMILES string of the molecule is C/C=C/Oc1ccc(Cl)c(COC2CN(C(C)(C)CCC(C(=O)O)(c3ccccc3)c3ccccc3)C2)c1Cl. The van der Waals surface area contributed by atoms with Gasteiger partial charge in [-0.2, -0.15) is 0 Å². The van der Waals surface area contributed by atoms with E-state index < -0.39 is 11.4 Å². The Kier molecular flexibility index (Phi) is 9.39. The summed E-state index contributed by atoms with van der Waals surface area (Å²) in [6, 6.07) is 22.6. The Hall–Kier alpha value is -2.83. The van der Waals surface area contributed by atoms with E-state index in [2.05, 4.69) is 18.7 Å². The van der Waals surface area contributed by atoms with Crippen molar-refractivity contribution in [3.05, 3.63) is 112 Å². The Labute approximate surface area is 241 Å². The molecule has 0 spiro atoms. The molecule has 3 aromatic carbocycles. The molecule has 7 heteroatoms. The summed E-state index contributed by atoms with van der Waals surface area (Å²) in [6.07, 6.45) is 4.55. The minimum Gasteiger partial charge on any atom is -0.480 e. The highest BCUT2D eigenvalue weighted by Crippen LogP contribution is 2.41. The number of likely N-dealkylation sites (tertiary alicyclic amines) is 1. The predicted octanol–water partition coefficient (Wildman–Crippen LogP) is 7.74. The second-order valence-corrected chi connectivity index (χ2v) is 11.3. The summed E-state index contributed by atoms with van der Waals surface area (Å²) in [5.74, 6) is -0.303. The fraction of sp³-hybridized carbons (Fsp3) is 0.344. The predicted molar refractivity (Wildman–Crippen MR) is 157 cm³/mol. The first-order valence-electron chi connectivity index (χ1n) is 13.1. The molecule has 4 rings (SSSR count). The Balaban J connectivity index is 1.42. The molecule has 0 saturated carbocycles. The van der Waals surface area contributed by atoms with Gasteiger partial charge in [0.15, 0.2) is 0 Å². The maximum absolute atomic E-state index is 12.9. The van der Waals surface area contributed by atoms with E-state index in [1.165, 1.54) is 0 Å². The molecule has 0 bridgehead atoms. The van der Waals surface area contributed by atoms with Crippen molar-refractivity contribution in [2.75, 3.05) is 13.1 Å². The molecule has 1 fully saturated rings. The number of nitrogens with zero attached hydrogens (tertiary/aromatic N) is 1. The van der Waals surface area contributed by atoms with E-state index in [1.54, 1.807) is 24.5 Å². The Morgan fingerprint density at radius 2 is 1.56 bits per heavy atom. The van der Waals surface area contributed by atoms with Crippen LogP contribution in [0.25, 0.3) is 0 Å². The van der Waals surface area contributed by atoms with Gasteiger partial charge in [0.05, 0.1) is 24.0 Å². The molecule has 0 radical (unpaired) electrons. The van der Waals surface area contributed by atoms with Crippen molar-refractivity contribution in [1.29, 1.82) is 0 Å². The molecule has 0 atom stereocenters. The number of hydrogen-bond donors (Lipinski definition) is 1. The standard InChI is InChI=1S/C32H35Cl2NO4/c1-4-19-38-28-16-15-27(33)26(29(28)34)22-39-25-20-35(21-25)31(2,3)17-18-32(30(36)37,23-11-7-5-8-12-23)24-13-9-6-10-14-24/h4-16,19,25H,17-18,20-22H2,1-3H3,(H,36,37)/b19-4+. The van der Waals surface area contributed by atoms with Crippen LogP contribution in [0.5, 0.6) is 5.75 Å². The summed E-state index contributed by atoms with van der Waals surface area (Å²) < 4.78 is 11.7. The zero-order valence-electron chi connectivity index (χ0n) is 22.6. The number of carboxylic acids is 1. The van der Waals surface area contributed by atoms with Crippen LogP contribution in [0.4, 0.5) is 0 Å². The molecule has 1 aliphatic rings. The summed E-state index contributed by atoms with van der Waals surface area (Å²) in [4.78, 5) is 15.3. The topological polar surface area (TPSA) is 59.0 Å². The first-order chi connectivity index (χ1) is 18.7. The molecule has 0 aliphatic carbocycles. The van der Waals surface area contributed by atoms with E-state index in [0.717, 1.165) is 24.2 Å². The van der Waals surface area contributed by atoms with Gasteiger partial charge < -0.3 is 14.6 Å². The first kappa shape index (κ1) is 29.2. The van der Waals surface area contributed by atoms with Crippen LogP contribution in [0, 0.1) is 0 Å². The number of rotatable bonds is 12. The average Bonchev–Trinajstić information content (AvgIpc) is 2.90. The summed E-state index contributed by atoms with van der Waals surface area (Å²) in [7, 11) is 0. The second-order valence-electron chi connectivity index (χ2n) is 10.5. The van der Waals surface area contributed by atoms with Gasteiger partial charge in [0.2, 0.25) is 0 Å². The molecule has 1 aliphatic heterocycles. The zero-order valence-corrected chi connectivity index (χ0v) is 24.1. The summed E-state index contributed by atoms with van der Waals surface area (Å²) >= 11 is 12.9. The van der Waals surface area contributed by atoms with Gasteiger partial charge in [-0.05, 0) is 56.9 Å². The summed E-state index contributed by atoms with van der Waals surface area (Å²) in [6.45, 7) is 7.97. The second kappa shape index (κ2) is 12.6. The molecule has 0 aromatic heterocycles. The van der Waals surface area contributed by atoms with Gasteiger partial charge in [-0.25, -0.2) is 0 Å². The van der Waals surface area contributed by atoms with Crippen molar-refractivity contribution < 1.29 is 19.4 Å². The number of halogens is 2. The van der Waals surface area contributed by atoms with Gasteiger partial charge in [-0.3, -0.25) is 9.69 Å². The molecule has 0 unspecified atom stereocenters. The van der Waals surface area contributed by atoms with Gasteiger partial charge >= 0.3 is 5.97 Å². The molecule has 5 nitrogen and oxygen atoms in total. The van der Waals surface area contributed by atoms with Crippen LogP contribution >= 0.6 is 23.2 Å². The highest BCUT2D eigenvalue weighted by molar-refractivity contribution is 6.36. The van der Waals surface area contributed by atoms with Crippen molar-refractivity contribution >= 4 is 29.2 Å². The highest BCUT2D eigenvalue weighted by Gasteiger charge is 2.45. The van der Waals surface area contributed by atoms with Crippen molar-refractivity contribution in [3.8, 4) is 5.75 Å². The zero-order chi connectivity index (χ0) is 28.0. The van der Waals surface area contributed by atoms with Crippen LogP contribution in [0.2, 0.25) is 10.0 Å². The Morgan fingerprint density at radius 1 is 0.974 bits per heavy atom. The molecule has 0 amide bonds. The third-order valence-corrected chi connectivity index (χ3v) is 8.43.